The van der Waals surface area contributed by atoms with Gasteiger partial charge >= 0.3 is 10.3 Å². The molecule has 1 atom stereocenters. The van der Waals surface area contributed by atoms with Gasteiger partial charge in [0.1, 0.15) is 5.01 Å². The number of benzene rings is 2. The average Bonchev–Trinajstić information content (AvgIpc) is 3.16. The summed E-state index contributed by atoms with van der Waals surface area (Å²) in [5.41, 5.74) is 2.71. The van der Waals surface area contributed by atoms with Crippen LogP contribution in [0.15, 0.2) is 60.0 Å². The third kappa shape index (κ3) is 7.15. The van der Waals surface area contributed by atoms with Crippen molar-refractivity contribution in [1.82, 2.24) is 10.3 Å². The normalized spacial score (nSPS) is 12.9. The molecule has 0 spiro atoms. The minimum absolute atomic E-state index is 0.0769. The molecular weight excluding hydrogens is 446 g/mol. The van der Waals surface area contributed by atoms with Crippen LogP contribution >= 0.6 is 11.3 Å². The molecular formula is C23H27N3O4S2. The van der Waals surface area contributed by atoms with E-state index in [0.717, 1.165) is 16.3 Å². The van der Waals surface area contributed by atoms with Crippen LogP contribution in [0.4, 0.5) is 5.69 Å². The molecule has 3 rings (SSSR count). The number of anilines is 1. The largest absolute Gasteiger partial charge is 0.357 e. The molecule has 0 saturated heterocycles. The fourth-order valence-electron chi connectivity index (χ4n) is 3.04. The molecule has 7 nitrogen and oxygen atoms in total. The van der Waals surface area contributed by atoms with Gasteiger partial charge in [-0.25, -0.2) is 4.98 Å². The zero-order valence-corrected chi connectivity index (χ0v) is 19.8. The predicted octanol–water partition coefficient (Wildman–Crippen LogP) is 4.39. The van der Waals surface area contributed by atoms with E-state index in [9.17, 15) is 13.2 Å². The van der Waals surface area contributed by atoms with Gasteiger partial charge in [0.25, 0.3) is 0 Å². The number of nitrogens with one attached hydrogen (secondary N) is 2. The molecule has 0 aliphatic carbocycles. The van der Waals surface area contributed by atoms with Crippen molar-refractivity contribution < 1.29 is 17.8 Å². The third-order valence-corrected chi connectivity index (χ3v) is 6.22. The number of rotatable bonds is 8. The Labute approximate surface area is 192 Å². The van der Waals surface area contributed by atoms with E-state index >= 15 is 0 Å². The number of nitrogens with zero attached hydrogens (tertiary/aromatic N) is 1. The topological polar surface area (TPSA) is 108 Å². The first-order valence-corrected chi connectivity index (χ1v) is 12.4. The van der Waals surface area contributed by atoms with Crippen LogP contribution in [0.25, 0.3) is 0 Å². The lowest BCUT2D eigenvalue weighted by Gasteiger charge is -2.23. The molecule has 1 heterocycles. The van der Waals surface area contributed by atoms with Crippen LogP contribution in [0.1, 0.15) is 48.6 Å². The first-order chi connectivity index (χ1) is 15.0. The van der Waals surface area contributed by atoms with Crippen molar-refractivity contribution >= 4 is 33.2 Å². The summed E-state index contributed by atoms with van der Waals surface area (Å²) in [5, 5.41) is 5.93. The quantitative estimate of drug-likeness (QED) is 0.420. The summed E-state index contributed by atoms with van der Waals surface area (Å²) in [5.74, 6) is -0.0769. The van der Waals surface area contributed by atoms with Gasteiger partial charge in [-0.2, -0.15) is 8.42 Å². The Bertz CT molecular complexity index is 1150. The highest BCUT2D eigenvalue weighted by atomic mass is 32.2. The van der Waals surface area contributed by atoms with Crippen molar-refractivity contribution in [3.05, 3.63) is 81.8 Å². The van der Waals surface area contributed by atoms with Crippen LogP contribution in [-0.2, 0) is 27.9 Å². The Morgan fingerprint density at radius 3 is 2.31 bits per heavy atom. The molecule has 0 saturated carbocycles. The van der Waals surface area contributed by atoms with Gasteiger partial charge < -0.3 is 5.32 Å². The van der Waals surface area contributed by atoms with E-state index in [1.165, 1.54) is 16.9 Å². The highest BCUT2D eigenvalue weighted by Crippen LogP contribution is 2.26. The first-order valence-electron chi connectivity index (χ1n) is 10.1. The second-order valence-electron chi connectivity index (χ2n) is 8.59. The molecule has 0 radical (unpaired) electrons. The van der Waals surface area contributed by atoms with Gasteiger partial charge in [0.2, 0.25) is 5.91 Å². The molecule has 170 valence electrons. The second kappa shape index (κ2) is 9.81. The Morgan fingerprint density at radius 2 is 1.72 bits per heavy atom. The van der Waals surface area contributed by atoms with Crippen LogP contribution in [0.2, 0.25) is 0 Å². The van der Waals surface area contributed by atoms with E-state index in [4.69, 9.17) is 9.54 Å². The van der Waals surface area contributed by atoms with Crippen molar-refractivity contribution in [3.8, 4) is 0 Å². The summed E-state index contributed by atoms with van der Waals surface area (Å²) >= 11 is 1.51. The fraction of sp³-hybridized carbons (Fsp3) is 0.304. The Hall–Kier alpha value is -2.75. The van der Waals surface area contributed by atoms with Gasteiger partial charge in [0.05, 0.1) is 17.4 Å². The van der Waals surface area contributed by atoms with Gasteiger partial charge in [-0.1, -0.05) is 63.2 Å². The molecule has 0 bridgehead atoms. The Kier molecular flexibility index (Phi) is 7.33. The summed E-state index contributed by atoms with van der Waals surface area (Å²) in [7, 11) is -4.33. The highest BCUT2D eigenvalue weighted by Gasteiger charge is 2.26. The SMILES string of the molecule is CC(C)(C)C(=O)NC(Cc1ccc(NS(=O)(=O)O)cc1)c1nc(Cc2ccccc2)cs1. The van der Waals surface area contributed by atoms with E-state index < -0.39 is 15.7 Å². The van der Waals surface area contributed by atoms with Crippen LogP contribution in [-0.4, -0.2) is 23.9 Å². The molecule has 0 fully saturated rings. The number of hydrogen-bond acceptors (Lipinski definition) is 5. The first kappa shape index (κ1) is 23.9. The molecule has 1 aromatic heterocycles. The highest BCUT2D eigenvalue weighted by molar-refractivity contribution is 7.87. The molecule has 32 heavy (non-hydrogen) atoms. The summed E-state index contributed by atoms with van der Waals surface area (Å²) < 4.78 is 32.9. The van der Waals surface area contributed by atoms with Crippen LogP contribution < -0.4 is 10.0 Å². The zero-order valence-electron chi connectivity index (χ0n) is 18.2. The molecule has 2 aromatic carbocycles. The zero-order chi connectivity index (χ0) is 23.4. The van der Waals surface area contributed by atoms with Crippen molar-refractivity contribution in [2.75, 3.05) is 4.72 Å². The summed E-state index contributed by atoms with van der Waals surface area (Å²) in [6.45, 7) is 5.58. The molecule has 9 heteroatoms. The molecule has 1 unspecified atom stereocenters. The van der Waals surface area contributed by atoms with Gasteiger partial charge in [-0.3, -0.25) is 14.1 Å². The lowest BCUT2D eigenvalue weighted by molar-refractivity contribution is -0.129. The summed E-state index contributed by atoms with van der Waals surface area (Å²) in [6, 6.07) is 16.4. The van der Waals surface area contributed by atoms with E-state index in [1.54, 1.807) is 24.3 Å². The molecule has 1 amide bonds. The molecule has 3 aromatic rings. The second-order valence-corrected chi connectivity index (χ2v) is 10.6. The van der Waals surface area contributed by atoms with E-state index in [0.29, 0.717) is 12.8 Å². The van der Waals surface area contributed by atoms with E-state index in [-0.39, 0.29) is 17.6 Å². The predicted molar refractivity (Wildman–Crippen MR) is 127 cm³/mol. The molecule has 0 aliphatic rings. The summed E-state index contributed by atoms with van der Waals surface area (Å²) in [4.78, 5) is 17.5. The maximum Gasteiger partial charge on any atom is 0.357 e. The van der Waals surface area contributed by atoms with Gasteiger partial charge in [-0.15, -0.1) is 11.3 Å². The standard InChI is InChI=1S/C23H27N3O4S2/c1-23(2,3)22(27)25-20(14-17-9-11-18(12-10-17)26-32(28,29)30)21-24-19(15-31-21)13-16-7-5-4-6-8-16/h4-12,15,20,26H,13-14H2,1-3H3,(H,25,27)(H,28,29,30). The maximum absolute atomic E-state index is 12.7. The Morgan fingerprint density at radius 1 is 1.06 bits per heavy atom. The third-order valence-electron chi connectivity index (χ3n) is 4.72. The summed E-state index contributed by atoms with van der Waals surface area (Å²) in [6.07, 6.45) is 1.21. The van der Waals surface area contributed by atoms with E-state index in [1.807, 2.05) is 49.1 Å². The van der Waals surface area contributed by atoms with Crippen molar-refractivity contribution in [2.45, 2.75) is 39.7 Å². The lowest BCUT2D eigenvalue weighted by Crippen LogP contribution is -2.38. The number of carbonyl (C=O) groups excluding carboxylic acids is 1. The number of thiazole rings is 1. The molecule has 0 aliphatic heterocycles. The van der Waals surface area contributed by atoms with Gasteiger partial charge in [0, 0.05) is 17.2 Å². The minimum Gasteiger partial charge on any atom is -0.346 e. The van der Waals surface area contributed by atoms with Crippen LogP contribution in [0, 0.1) is 5.41 Å². The monoisotopic (exact) mass is 473 g/mol. The van der Waals surface area contributed by atoms with Gasteiger partial charge in [0.15, 0.2) is 0 Å². The minimum atomic E-state index is -4.33. The van der Waals surface area contributed by atoms with Crippen LogP contribution in [0.3, 0.4) is 0 Å². The average molecular weight is 474 g/mol. The van der Waals surface area contributed by atoms with Crippen molar-refractivity contribution in [1.29, 1.82) is 0 Å². The smallest absolute Gasteiger partial charge is 0.346 e. The fourth-order valence-corrected chi connectivity index (χ4v) is 4.34. The van der Waals surface area contributed by atoms with E-state index in [2.05, 4.69) is 17.4 Å². The van der Waals surface area contributed by atoms with Crippen LogP contribution in [0.5, 0.6) is 0 Å². The van der Waals surface area contributed by atoms with Gasteiger partial charge in [-0.05, 0) is 29.7 Å². The van der Waals surface area contributed by atoms with Crippen molar-refractivity contribution in [2.24, 2.45) is 5.41 Å². The number of hydrogen-bond donors (Lipinski definition) is 3. The number of aromatic nitrogens is 1. The Balaban J connectivity index is 1.80. The number of amides is 1. The van der Waals surface area contributed by atoms with Crippen molar-refractivity contribution in [3.63, 3.8) is 0 Å². The molecule has 3 N–H and O–H groups in total. The maximum atomic E-state index is 12.7. The lowest BCUT2D eigenvalue weighted by atomic mass is 9.94. The number of carbonyl (C=O) groups is 1.